The number of hydrogen-bond donors (Lipinski definition) is 0. The zero-order valence-electron chi connectivity index (χ0n) is 12.3. The Labute approximate surface area is 140 Å². The average molecular weight is 320 g/mol. The van der Waals surface area contributed by atoms with E-state index in [0.717, 1.165) is 22.6 Å². The molecule has 3 nitrogen and oxygen atoms in total. The number of rotatable bonds is 4. The number of nitrogens with zero attached hydrogens (tertiary/aromatic N) is 3. The maximum Gasteiger partial charge on any atom is 0.0858 e. The van der Waals surface area contributed by atoms with E-state index in [1.54, 1.807) is 6.21 Å². The van der Waals surface area contributed by atoms with Crippen LogP contribution < -0.4 is 0 Å². The van der Waals surface area contributed by atoms with E-state index in [9.17, 15) is 0 Å². The maximum atomic E-state index is 5.95. The molecular weight excluding hydrogens is 306 g/mol. The van der Waals surface area contributed by atoms with Gasteiger partial charge in [-0.05, 0) is 54.1 Å². The van der Waals surface area contributed by atoms with E-state index in [2.05, 4.69) is 15.2 Å². The van der Waals surface area contributed by atoms with Gasteiger partial charge in [0.2, 0.25) is 0 Å². The molecule has 3 aromatic rings. The van der Waals surface area contributed by atoms with E-state index in [1.807, 2.05) is 78.9 Å². The fourth-order valence-corrected chi connectivity index (χ4v) is 2.15. The SMILES string of the molecule is Clc1cccc(C=Nc2ccc(N=Nc3ccccc3)cc2)c1. The zero-order chi connectivity index (χ0) is 15.9. The number of aliphatic imine (C=N–C) groups is 1. The van der Waals surface area contributed by atoms with Crippen LogP contribution in [0.3, 0.4) is 0 Å². The van der Waals surface area contributed by atoms with Crippen molar-refractivity contribution >= 4 is 34.9 Å². The molecule has 0 aliphatic carbocycles. The molecule has 0 amide bonds. The highest BCUT2D eigenvalue weighted by Gasteiger charge is 1.93. The van der Waals surface area contributed by atoms with E-state index in [0.29, 0.717) is 5.02 Å². The summed E-state index contributed by atoms with van der Waals surface area (Å²) in [6, 6.07) is 24.8. The Hall–Kier alpha value is -2.78. The summed E-state index contributed by atoms with van der Waals surface area (Å²) in [5.41, 5.74) is 3.43. The summed E-state index contributed by atoms with van der Waals surface area (Å²) in [4.78, 5) is 4.42. The minimum absolute atomic E-state index is 0.700. The second kappa shape index (κ2) is 7.47. The molecule has 4 heteroatoms. The van der Waals surface area contributed by atoms with Crippen molar-refractivity contribution < 1.29 is 0 Å². The van der Waals surface area contributed by atoms with E-state index in [1.165, 1.54) is 0 Å². The molecule has 0 bridgehead atoms. The Balaban J connectivity index is 1.68. The molecule has 0 radical (unpaired) electrons. The molecule has 3 aromatic carbocycles. The van der Waals surface area contributed by atoms with Crippen LogP contribution in [0.15, 0.2) is 94.1 Å². The zero-order valence-corrected chi connectivity index (χ0v) is 13.1. The van der Waals surface area contributed by atoms with Gasteiger partial charge in [-0.25, -0.2) is 0 Å². The van der Waals surface area contributed by atoms with Gasteiger partial charge in [0.1, 0.15) is 0 Å². The lowest BCUT2D eigenvalue weighted by atomic mass is 10.2. The Kier molecular flexibility index (Phi) is 4.92. The van der Waals surface area contributed by atoms with Crippen LogP contribution in [0.1, 0.15) is 5.56 Å². The van der Waals surface area contributed by atoms with Crippen molar-refractivity contribution in [1.82, 2.24) is 0 Å². The Morgan fingerprint density at radius 2 is 1.30 bits per heavy atom. The molecular formula is C19H14ClN3. The maximum absolute atomic E-state index is 5.95. The number of hydrogen-bond acceptors (Lipinski definition) is 3. The normalized spacial score (nSPS) is 11.3. The predicted molar refractivity (Wildman–Crippen MR) is 95.8 cm³/mol. The molecule has 0 aromatic heterocycles. The molecule has 0 unspecified atom stereocenters. The third kappa shape index (κ3) is 4.59. The Morgan fingerprint density at radius 3 is 2.00 bits per heavy atom. The van der Waals surface area contributed by atoms with Gasteiger partial charge >= 0.3 is 0 Å². The minimum Gasteiger partial charge on any atom is -0.256 e. The highest BCUT2D eigenvalue weighted by atomic mass is 35.5. The number of benzene rings is 3. The van der Waals surface area contributed by atoms with Gasteiger partial charge in [-0.3, -0.25) is 4.99 Å². The summed E-state index contributed by atoms with van der Waals surface area (Å²) in [6.07, 6.45) is 1.78. The second-order valence-corrected chi connectivity index (χ2v) is 5.30. The van der Waals surface area contributed by atoms with Gasteiger partial charge in [0.15, 0.2) is 0 Å². The van der Waals surface area contributed by atoms with Crippen molar-refractivity contribution in [2.24, 2.45) is 15.2 Å². The molecule has 0 heterocycles. The van der Waals surface area contributed by atoms with Crippen molar-refractivity contribution in [1.29, 1.82) is 0 Å². The second-order valence-electron chi connectivity index (χ2n) is 4.87. The lowest BCUT2D eigenvalue weighted by molar-refractivity contribution is 1.23. The van der Waals surface area contributed by atoms with Crippen LogP contribution in [0, 0.1) is 0 Å². The average Bonchev–Trinajstić information content (AvgIpc) is 2.60. The fourth-order valence-electron chi connectivity index (χ4n) is 1.95. The molecule has 0 N–H and O–H groups in total. The molecule has 23 heavy (non-hydrogen) atoms. The molecule has 3 rings (SSSR count). The molecule has 0 spiro atoms. The van der Waals surface area contributed by atoms with Crippen molar-refractivity contribution in [3.05, 3.63) is 89.4 Å². The number of azo groups is 1. The van der Waals surface area contributed by atoms with Crippen LogP contribution in [0.2, 0.25) is 5.02 Å². The third-order valence-corrected chi connectivity index (χ3v) is 3.33. The molecule has 0 atom stereocenters. The van der Waals surface area contributed by atoms with Gasteiger partial charge < -0.3 is 0 Å². The largest absolute Gasteiger partial charge is 0.256 e. The topological polar surface area (TPSA) is 37.1 Å². The monoisotopic (exact) mass is 319 g/mol. The minimum atomic E-state index is 0.700. The molecule has 0 saturated carbocycles. The smallest absolute Gasteiger partial charge is 0.0858 e. The van der Waals surface area contributed by atoms with E-state index >= 15 is 0 Å². The lowest BCUT2D eigenvalue weighted by Gasteiger charge is -1.96. The summed E-state index contributed by atoms with van der Waals surface area (Å²) >= 11 is 5.95. The summed E-state index contributed by atoms with van der Waals surface area (Å²) in [6.45, 7) is 0. The van der Waals surface area contributed by atoms with Crippen molar-refractivity contribution in [2.45, 2.75) is 0 Å². The highest BCUT2D eigenvalue weighted by Crippen LogP contribution is 2.21. The first-order valence-electron chi connectivity index (χ1n) is 7.16. The highest BCUT2D eigenvalue weighted by molar-refractivity contribution is 6.30. The third-order valence-electron chi connectivity index (χ3n) is 3.10. The lowest BCUT2D eigenvalue weighted by Crippen LogP contribution is -1.79. The van der Waals surface area contributed by atoms with Crippen molar-refractivity contribution in [3.63, 3.8) is 0 Å². The quantitative estimate of drug-likeness (QED) is 0.388. The summed E-state index contributed by atoms with van der Waals surface area (Å²) in [5, 5.41) is 9.08. The summed E-state index contributed by atoms with van der Waals surface area (Å²) in [7, 11) is 0. The first kappa shape index (κ1) is 15.1. The summed E-state index contributed by atoms with van der Waals surface area (Å²) in [5.74, 6) is 0. The van der Waals surface area contributed by atoms with Gasteiger partial charge in [-0.1, -0.05) is 41.9 Å². The van der Waals surface area contributed by atoms with Crippen LogP contribution in [-0.2, 0) is 0 Å². The molecule has 0 aliphatic rings. The van der Waals surface area contributed by atoms with Gasteiger partial charge in [0.25, 0.3) is 0 Å². The van der Waals surface area contributed by atoms with E-state index in [4.69, 9.17) is 11.6 Å². The number of halogens is 1. The Morgan fingerprint density at radius 1 is 0.652 bits per heavy atom. The van der Waals surface area contributed by atoms with E-state index < -0.39 is 0 Å². The molecule has 0 aliphatic heterocycles. The van der Waals surface area contributed by atoms with Gasteiger partial charge in [-0.15, -0.1) is 0 Å². The van der Waals surface area contributed by atoms with E-state index in [-0.39, 0.29) is 0 Å². The van der Waals surface area contributed by atoms with Crippen molar-refractivity contribution in [3.8, 4) is 0 Å². The Bertz CT molecular complexity index is 825. The van der Waals surface area contributed by atoms with Gasteiger partial charge in [0, 0.05) is 11.2 Å². The van der Waals surface area contributed by atoms with Gasteiger partial charge in [0.05, 0.1) is 17.1 Å². The van der Waals surface area contributed by atoms with Crippen molar-refractivity contribution in [2.75, 3.05) is 0 Å². The standard InChI is InChI=1S/C19H14ClN3/c20-16-6-4-5-15(13-16)14-21-17-9-11-19(12-10-17)23-22-18-7-2-1-3-8-18/h1-14H. The first-order valence-corrected chi connectivity index (χ1v) is 7.54. The first-order chi connectivity index (χ1) is 11.3. The van der Waals surface area contributed by atoms with Crippen LogP contribution in [0.4, 0.5) is 17.1 Å². The van der Waals surface area contributed by atoms with Crippen LogP contribution in [0.5, 0.6) is 0 Å². The van der Waals surface area contributed by atoms with Crippen LogP contribution in [0.25, 0.3) is 0 Å². The predicted octanol–water partition coefficient (Wildman–Crippen LogP) is 6.51. The molecule has 112 valence electrons. The summed E-state index contributed by atoms with van der Waals surface area (Å²) < 4.78 is 0. The molecule has 0 fully saturated rings. The fraction of sp³-hybridized carbons (Fsp3) is 0. The van der Waals surface area contributed by atoms with Crippen LogP contribution >= 0.6 is 11.6 Å². The van der Waals surface area contributed by atoms with Crippen LogP contribution in [-0.4, -0.2) is 6.21 Å². The van der Waals surface area contributed by atoms with Gasteiger partial charge in [-0.2, -0.15) is 10.2 Å². The molecule has 0 saturated heterocycles.